The van der Waals surface area contributed by atoms with Gasteiger partial charge < -0.3 is 9.80 Å². The average molecular weight is 503 g/mol. The van der Waals surface area contributed by atoms with Crippen LogP contribution in [-0.4, -0.2) is 75.2 Å². The number of aromatic nitrogens is 3. The molecule has 3 aliphatic heterocycles. The Balaban J connectivity index is 0.843. The Bertz CT molecular complexity index is 1100. The van der Waals surface area contributed by atoms with Crippen molar-refractivity contribution in [3.05, 3.63) is 33.5 Å². The van der Waals surface area contributed by atoms with Crippen LogP contribution in [0.5, 0.6) is 0 Å². The molecule has 2 aromatic rings. The van der Waals surface area contributed by atoms with E-state index >= 15 is 0 Å². The molecule has 2 spiro atoms. The van der Waals surface area contributed by atoms with Crippen LogP contribution in [0.3, 0.4) is 0 Å². The van der Waals surface area contributed by atoms with Gasteiger partial charge in [-0.3, -0.25) is 10.00 Å². The summed E-state index contributed by atoms with van der Waals surface area (Å²) in [5.41, 5.74) is 3.11. The van der Waals surface area contributed by atoms with Crippen LogP contribution < -0.4 is 0 Å². The third-order valence-electron chi connectivity index (χ3n) is 9.12. The molecule has 7 nitrogen and oxygen atoms in total. The monoisotopic (exact) mass is 502 g/mol. The summed E-state index contributed by atoms with van der Waals surface area (Å²) in [4.78, 5) is 23.6. The molecular formula is C25H32F2N6OS. The minimum atomic E-state index is -2.44. The zero-order valence-corrected chi connectivity index (χ0v) is 20.7. The Morgan fingerprint density at radius 3 is 2.40 bits per heavy atom. The molecule has 35 heavy (non-hydrogen) atoms. The van der Waals surface area contributed by atoms with Crippen LogP contribution in [-0.2, 0) is 6.54 Å². The summed E-state index contributed by atoms with van der Waals surface area (Å²) in [5, 5.41) is 8.56. The quantitative estimate of drug-likeness (QED) is 0.650. The maximum absolute atomic E-state index is 13.0. The summed E-state index contributed by atoms with van der Waals surface area (Å²) >= 11 is 1.11. The van der Waals surface area contributed by atoms with E-state index in [4.69, 9.17) is 0 Å². The number of hydrogen-bond acceptors (Lipinski definition) is 5. The summed E-state index contributed by atoms with van der Waals surface area (Å²) in [6.07, 6.45) is 5.88. The number of halogens is 2. The Labute approximate surface area is 207 Å². The lowest BCUT2D eigenvalue weighted by atomic mass is 9.57. The third-order valence-corrected chi connectivity index (χ3v) is 10.1. The molecule has 0 radical (unpaired) electrons. The lowest BCUT2D eigenvalue weighted by Crippen LogP contribution is -2.70. The number of amides is 2. The number of hydrogen-bond donors (Lipinski definition) is 1. The van der Waals surface area contributed by atoms with Crippen molar-refractivity contribution in [2.75, 3.05) is 39.3 Å². The molecule has 0 atom stereocenters. The molecule has 10 heteroatoms. The van der Waals surface area contributed by atoms with E-state index in [9.17, 15) is 13.6 Å². The number of nitrogens with one attached hydrogen (secondary N) is 1. The predicted molar refractivity (Wildman–Crippen MR) is 128 cm³/mol. The zero-order valence-electron chi connectivity index (χ0n) is 19.9. The Morgan fingerprint density at radius 2 is 1.77 bits per heavy atom. The molecule has 5 aliphatic rings. The van der Waals surface area contributed by atoms with Gasteiger partial charge in [-0.05, 0) is 57.7 Å². The van der Waals surface area contributed by atoms with Gasteiger partial charge in [-0.25, -0.2) is 18.6 Å². The summed E-state index contributed by atoms with van der Waals surface area (Å²) in [6, 6.07) is 2.49. The van der Waals surface area contributed by atoms with E-state index in [1.807, 2.05) is 9.80 Å². The predicted octanol–water partition coefficient (Wildman–Crippen LogP) is 4.58. The maximum atomic E-state index is 13.0. The van der Waals surface area contributed by atoms with E-state index in [-0.39, 0.29) is 16.3 Å². The van der Waals surface area contributed by atoms with Crippen LogP contribution >= 0.6 is 11.3 Å². The lowest BCUT2D eigenvalue weighted by molar-refractivity contribution is -0.0793. The molecule has 2 saturated carbocycles. The van der Waals surface area contributed by atoms with Crippen molar-refractivity contribution < 1.29 is 13.6 Å². The first-order chi connectivity index (χ1) is 16.9. The normalized spacial score (nSPS) is 25.7. The molecule has 5 heterocycles. The van der Waals surface area contributed by atoms with Crippen molar-refractivity contribution in [3.8, 4) is 0 Å². The lowest BCUT2D eigenvalue weighted by Gasteiger charge is -2.61. The van der Waals surface area contributed by atoms with Crippen LogP contribution in [0.1, 0.15) is 78.1 Å². The first-order valence-electron chi connectivity index (χ1n) is 12.9. The van der Waals surface area contributed by atoms with Crippen LogP contribution in [0.15, 0.2) is 12.3 Å². The summed E-state index contributed by atoms with van der Waals surface area (Å²) in [7, 11) is 0. The number of urea groups is 1. The molecule has 5 fully saturated rings. The van der Waals surface area contributed by atoms with Crippen molar-refractivity contribution in [1.82, 2.24) is 29.9 Å². The molecule has 0 bridgehead atoms. The van der Waals surface area contributed by atoms with Gasteiger partial charge in [0.25, 0.3) is 6.43 Å². The van der Waals surface area contributed by atoms with Crippen molar-refractivity contribution in [1.29, 1.82) is 0 Å². The highest BCUT2D eigenvalue weighted by molar-refractivity contribution is 7.11. The molecule has 188 valence electrons. The van der Waals surface area contributed by atoms with Gasteiger partial charge in [0, 0.05) is 60.7 Å². The Kier molecular flexibility index (Phi) is 5.04. The van der Waals surface area contributed by atoms with Crippen LogP contribution in [0.25, 0.3) is 0 Å². The molecule has 1 N–H and O–H groups in total. The van der Waals surface area contributed by atoms with Crippen LogP contribution in [0.2, 0.25) is 0 Å². The van der Waals surface area contributed by atoms with E-state index in [1.54, 1.807) is 0 Å². The number of piperidine rings is 1. The zero-order chi connectivity index (χ0) is 23.8. The molecular weight excluding hydrogens is 470 g/mol. The highest BCUT2D eigenvalue weighted by Crippen LogP contribution is 2.56. The van der Waals surface area contributed by atoms with Gasteiger partial charge in [-0.1, -0.05) is 0 Å². The molecule has 2 amide bonds. The number of H-pyrrole nitrogens is 1. The van der Waals surface area contributed by atoms with Gasteiger partial charge in [0.15, 0.2) is 0 Å². The number of likely N-dealkylation sites (tertiary alicyclic amines) is 3. The molecule has 0 aromatic carbocycles. The van der Waals surface area contributed by atoms with Crippen molar-refractivity contribution in [2.45, 2.75) is 63.3 Å². The van der Waals surface area contributed by atoms with Gasteiger partial charge >= 0.3 is 6.03 Å². The highest BCUT2D eigenvalue weighted by Gasteiger charge is 2.56. The first kappa shape index (κ1) is 22.2. The molecule has 3 saturated heterocycles. The average Bonchev–Trinajstić information content (AvgIpc) is 3.31. The van der Waals surface area contributed by atoms with E-state index in [0.29, 0.717) is 23.8 Å². The fraction of sp³-hybridized carbons (Fsp3) is 0.720. The molecule has 2 aromatic heterocycles. The summed E-state index contributed by atoms with van der Waals surface area (Å²) < 4.78 is 25.6. The van der Waals surface area contributed by atoms with Gasteiger partial charge in [-0.2, -0.15) is 5.10 Å². The minimum absolute atomic E-state index is 0.0515. The van der Waals surface area contributed by atoms with E-state index < -0.39 is 6.43 Å². The fourth-order valence-corrected chi connectivity index (χ4v) is 7.63. The van der Waals surface area contributed by atoms with E-state index in [0.717, 1.165) is 81.3 Å². The second-order valence-electron chi connectivity index (χ2n) is 11.9. The van der Waals surface area contributed by atoms with Crippen LogP contribution in [0.4, 0.5) is 13.6 Å². The van der Waals surface area contributed by atoms with E-state index in [2.05, 4.69) is 26.1 Å². The number of aromatic amines is 1. The number of carbonyl (C=O) groups is 1. The number of nitrogens with zero attached hydrogens (tertiary/aromatic N) is 5. The van der Waals surface area contributed by atoms with Gasteiger partial charge in [0.1, 0.15) is 5.01 Å². The Morgan fingerprint density at radius 1 is 1.09 bits per heavy atom. The van der Waals surface area contributed by atoms with Gasteiger partial charge in [0.2, 0.25) is 0 Å². The fourth-order valence-electron chi connectivity index (χ4n) is 6.81. The second-order valence-corrected chi connectivity index (χ2v) is 13.0. The first-order valence-corrected chi connectivity index (χ1v) is 13.8. The second kappa shape index (κ2) is 7.96. The number of alkyl halides is 2. The van der Waals surface area contributed by atoms with Crippen molar-refractivity contribution in [2.24, 2.45) is 10.8 Å². The topological polar surface area (TPSA) is 68.4 Å². The highest BCUT2D eigenvalue weighted by atomic mass is 32.1. The maximum Gasteiger partial charge on any atom is 0.320 e. The molecule has 0 unspecified atom stereocenters. The van der Waals surface area contributed by atoms with Crippen molar-refractivity contribution in [3.63, 3.8) is 0 Å². The van der Waals surface area contributed by atoms with Crippen molar-refractivity contribution >= 4 is 17.4 Å². The molecule has 2 aliphatic carbocycles. The van der Waals surface area contributed by atoms with Gasteiger partial charge in [-0.15, -0.1) is 11.3 Å². The van der Waals surface area contributed by atoms with Gasteiger partial charge in [0.05, 0.1) is 17.1 Å². The molecule has 7 rings (SSSR count). The van der Waals surface area contributed by atoms with E-state index in [1.165, 1.54) is 30.4 Å². The SMILES string of the molecule is O=C(N1CC2(CCN(Cc3ncc(C(F)F)s3)CC2)C1)N1CC2(CC(c3cc(C4CC4)[nH]n3)C2)C1. The number of rotatable bonds is 5. The Hall–Kier alpha value is -2.07. The minimum Gasteiger partial charge on any atom is -0.323 e. The summed E-state index contributed by atoms with van der Waals surface area (Å²) in [6.45, 7) is 6.03. The number of thiazole rings is 1. The van der Waals surface area contributed by atoms with Crippen LogP contribution in [0, 0.1) is 10.8 Å². The third kappa shape index (κ3) is 3.97. The number of carbonyl (C=O) groups excluding carboxylic acids is 1. The largest absolute Gasteiger partial charge is 0.323 e. The summed E-state index contributed by atoms with van der Waals surface area (Å²) in [5.74, 6) is 1.27. The smallest absolute Gasteiger partial charge is 0.320 e. The standard InChI is InChI=1S/C25H32F2N6OS/c26-22(27)20-10-28-21(35-20)11-31-5-3-24(4-6-31)12-32(13-24)23(34)33-14-25(15-33)8-17(9-25)19-7-18(29-30-19)16-1-2-16/h7,10,16-17,22H,1-6,8-9,11-15H2,(H,29,30).